The highest BCUT2D eigenvalue weighted by atomic mass is 16.5. The van der Waals surface area contributed by atoms with Crippen LogP contribution in [0.4, 0.5) is 10.5 Å². The smallest absolute Gasteiger partial charge is 0.319 e. The lowest BCUT2D eigenvalue weighted by atomic mass is 10.2. The Morgan fingerprint density at radius 3 is 2.65 bits per heavy atom. The van der Waals surface area contributed by atoms with Gasteiger partial charge in [0.25, 0.3) is 0 Å². The zero-order chi connectivity index (χ0) is 12.7. The molecule has 0 bridgehead atoms. The molecule has 5 heteroatoms. The summed E-state index contributed by atoms with van der Waals surface area (Å²) in [6, 6.07) is 8.51. The predicted molar refractivity (Wildman–Crippen MR) is 64.8 cm³/mol. The normalized spacial score (nSPS) is 11.1. The monoisotopic (exact) mass is 233 g/mol. The molecule has 1 aromatic carbocycles. The number of rotatable bonds is 4. The zero-order valence-electron chi connectivity index (χ0n) is 9.86. The van der Waals surface area contributed by atoms with E-state index in [1.165, 1.54) is 0 Å². The first kappa shape index (κ1) is 12.8. The first-order valence-electron chi connectivity index (χ1n) is 5.24. The van der Waals surface area contributed by atoms with Gasteiger partial charge in [0.15, 0.2) is 0 Å². The molecular formula is C12H15N3O2. The quantitative estimate of drug-likeness (QED) is 0.836. The maximum Gasteiger partial charge on any atom is 0.319 e. The van der Waals surface area contributed by atoms with Crippen LogP contribution in [0.2, 0.25) is 0 Å². The van der Waals surface area contributed by atoms with Crippen molar-refractivity contribution in [3.05, 3.63) is 24.3 Å². The summed E-state index contributed by atoms with van der Waals surface area (Å²) in [5, 5.41) is 13.8. The maximum absolute atomic E-state index is 11.5. The van der Waals surface area contributed by atoms with E-state index < -0.39 is 0 Å². The molecule has 2 N–H and O–H groups in total. The fourth-order valence-electron chi connectivity index (χ4n) is 1.25. The lowest BCUT2D eigenvalue weighted by Crippen LogP contribution is -2.35. The van der Waals surface area contributed by atoms with Crippen LogP contribution in [0.3, 0.4) is 0 Å². The Morgan fingerprint density at radius 1 is 1.47 bits per heavy atom. The van der Waals surface area contributed by atoms with E-state index in [4.69, 9.17) is 10.00 Å². The SMILES string of the molecule is COc1ccc(NC(=O)NC(C)CC#N)cc1. The van der Waals surface area contributed by atoms with Crippen LogP contribution >= 0.6 is 0 Å². The van der Waals surface area contributed by atoms with Crippen LogP contribution in [-0.4, -0.2) is 19.2 Å². The van der Waals surface area contributed by atoms with Gasteiger partial charge in [0.2, 0.25) is 0 Å². The van der Waals surface area contributed by atoms with E-state index in [1.807, 2.05) is 6.07 Å². The molecule has 1 rings (SSSR count). The van der Waals surface area contributed by atoms with Crippen molar-refractivity contribution < 1.29 is 9.53 Å². The van der Waals surface area contributed by atoms with Gasteiger partial charge in [0.05, 0.1) is 19.6 Å². The van der Waals surface area contributed by atoms with Crippen LogP contribution in [0.15, 0.2) is 24.3 Å². The van der Waals surface area contributed by atoms with Gasteiger partial charge in [0.1, 0.15) is 5.75 Å². The molecule has 0 heterocycles. The molecule has 1 aromatic rings. The molecule has 0 aliphatic carbocycles. The van der Waals surface area contributed by atoms with Crippen molar-refractivity contribution in [2.75, 3.05) is 12.4 Å². The minimum absolute atomic E-state index is 0.168. The first-order chi connectivity index (χ1) is 8.15. The molecule has 5 nitrogen and oxygen atoms in total. The fraction of sp³-hybridized carbons (Fsp3) is 0.333. The largest absolute Gasteiger partial charge is 0.497 e. The molecule has 1 unspecified atom stereocenters. The number of carbonyl (C=O) groups is 1. The van der Waals surface area contributed by atoms with Gasteiger partial charge in [-0.05, 0) is 31.2 Å². The van der Waals surface area contributed by atoms with Gasteiger partial charge < -0.3 is 15.4 Å². The third kappa shape index (κ3) is 4.43. The number of urea groups is 1. The number of ether oxygens (including phenoxy) is 1. The number of nitriles is 1. The summed E-state index contributed by atoms with van der Waals surface area (Å²) in [4.78, 5) is 11.5. The summed E-state index contributed by atoms with van der Waals surface area (Å²) in [7, 11) is 1.58. The molecule has 90 valence electrons. The van der Waals surface area contributed by atoms with Crippen molar-refractivity contribution in [2.45, 2.75) is 19.4 Å². The molecule has 0 aliphatic heterocycles. The average Bonchev–Trinajstić information content (AvgIpc) is 2.30. The fourth-order valence-corrected chi connectivity index (χ4v) is 1.25. The van der Waals surface area contributed by atoms with Crippen LogP contribution in [0.1, 0.15) is 13.3 Å². The van der Waals surface area contributed by atoms with E-state index >= 15 is 0 Å². The predicted octanol–water partition coefficient (Wildman–Crippen LogP) is 2.12. The Balaban J connectivity index is 2.48. The lowest BCUT2D eigenvalue weighted by molar-refractivity contribution is 0.249. The summed E-state index contributed by atoms with van der Waals surface area (Å²) < 4.78 is 5.01. The van der Waals surface area contributed by atoms with Gasteiger partial charge in [-0.1, -0.05) is 0 Å². The molecule has 0 aliphatic rings. The number of methoxy groups -OCH3 is 1. The van der Waals surface area contributed by atoms with Gasteiger partial charge in [-0.3, -0.25) is 0 Å². The zero-order valence-corrected chi connectivity index (χ0v) is 9.86. The molecule has 1 atom stereocenters. The topological polar surface area (TPSA) is 74.2 Å². The van der Waals surface area contributed by atoms with Gasteiger partial charge >= 0.3 is 6.03 Å². The van der Waals surface area contributed by atoms with E-state index in [1.54, 1.807) is 38.3 Å². The molecule has 0 saturated heterocycles. The van der Waals surface area contributed by atoms with E-state index in [0.717, 1.165) is 5.75 Å². The third-order valence-electron chi connectivity index (χ3n) is 2.12. The lowest BCUT2D eigenvalue weighted by Gasteiger charge is -2.11. The van der Waals surface area contributed by atoms with E-state index in [9.17, 15) is 4.79 Å². The van der Waals surface area contributed by atoms with E-state index in [-0.39, 0.29) is 18.5 Å². The summed E-state index contributed by atoms with van der Waals surface area (Å²) in [6.45, 7) is 1.77. The summed E-state index contributed by atoms with van der Waals surface area (Å²) in [5.41, 5.74) is 0.674. The van der Waals surface area contributed by atoms with Crippen molar-refractivity contribution in [3.63, 3.8) is 0 Å². The van der Waals surface area contributed by atoms with E-state index in [0.29, 0.717) is 5.69 Å². The number of carbonyl (C=O) groups excluding carboxylic acids is 1. The van der Waals surface area contributed by atoms with Gasteiger partial charge in [0, 0.05) is 11.7 Å². The van der Waals surface area contributed by atoms with Gasteiger partial charge in [-0.15, -0.1) is 0 Å². The number of hydrogen-bond donors (Lipinski definition) is 2. The van der Waals surface area contributed by atoms with Crippen LogP contribution in [-0.2, 0) is 0 Å². The Morgan fingerprint density at radius 2 is 2.12 bits per heavy atom. The highest BCUT2D eigenvalue weighted by molar-refractivity contribution is 5.89. The number of anilines is 1. The molecule has 0 aromatic heterocycles. The second kappa shape index (κ2) is 6.38. The Hall–Kier alpha value is -2.22. The maximum atomic E-state index is 11.5. The molecular weight excluding hydrogens is 218 g/mol. The van der Waals surface area contributed by atoms with Crippen molar-refractivity contribution in [2.24, 2.45) is 0 Å². The average molecular weight is 233 g/mol. The number of benzene rings is 1. The highest BCUT2D eigenvalue weighted by Gasteiger charge is 2.06. The molecule has 2 amide bonds. The molecule has 0 saturated carbocycles. The van der Waals surface area contributed by atoms with Crippen LogP contribution in [0.5, 0.6) is 5.75 Å². The second-order valence-electron chi connectivity index (χ2n) is 3.59. The number of hydrogen-bond acceptors (Lipinski definition) is 3. The van der Waals surface area contributed by atoms with Crippen molar-refractivity contribution in [1.29, 1.82) is 5.26 Å². The van der Waals surface area contributed by atoms with Crippen molar-refractivity contribution in [3.8, 4) is 11.8 Å². The van der Waals surface area contributed by atoms with Gasteiger partial charge in [-0.25, -0.2) is 4.79 Å². The number of nitrogens with zero attached hydrogens (tertiary/aromatic N) is 1. The first-order valence-corrected chi connectivity index (χ1v) is 5.24. The summed E-state index contributed by atoms with van der Waals surface area (Å²) in [6.07, 6.45) is 0.288. The van der Waals surface area contributed by atoms with Gasteiger partial charge in [-0.2, -0.15) is 5.26 Å². The molecule has 0 radical (unpaired) electrons. The summed E-state index contributed by atoms with van der Waals surface area (Å²) >= 11 is 0. The minimum Gasteiger partial charge on any atom is -0.497 e. The number of amides is 2. The minimum atomic E-state index is -0.321. The number of nitrogens with one attached hydrogen (secondary N) is 2. The Kier molecular flexibility index (Phi) is 4.82. The van der Waals surface area contributed by atoms with Crippen molar-refractivity contribution in [1.82, 2.24) is 5.32 Å². The molecule has 0 spiro atoms. The van der Waals surface area contributed by atoms with Crippen molar-refractivity contribution >= 4 is 11.7 Å². The molecule has 17 heavy (non-hydrogen) atoms. The van der Waals surface area contributed by atoms with Crippen LogP contribution in [0, 0.1) is 11.3 Å². The molecule has 0 fully saturated rings. The highest BCUT2D eigenvalue weighted by Crippen LogP contribution is 2.14. The van der Waals surface area contributed by atoms with Crippen LogP contribution in [0.25, 0.3) is 0 Å². The Labute approximate surface area is 100 Å². The summed E-state index contributed by atoms with van der Waals surface area (Å²) in [5.74, 6) is 0.730. The van der Waals surface area contributed by atoms with Crippen LogP contribution < -0.4 is 15.4 Å². The standard InChI is InChI=1S/C12H15N3O2/c1-9(7-8-13)14-12(16)15-10-3-5-11(17-2)6-4-10/h3-6,9H,7H2,1-2H3,(H2,14,15,16). The second-order valence-corrected chi connectivity index (χ2v) is 3.59. The Bertz CT molecular complexity index is 409. The third-order valence-corrected chi connectivity index (χ3v) is 2.12. The van der Waals surface area contributed by atoms with E-state index in [2.05, 4.69) is 10.6 Å².